The molecule has 0 N–H and O–H groups in total. The molecule has 0 amide bonds. The van der Waals surface area contributed by atoms with Crippen molar-refractivity contribution >= 4 is 0 Å². The molecule has 1 nitrogen and oxygen atoms in total. The van der Waals surface area contributed by atoms with Crippen LogP contribution in [0.3, 0.4) is 0 Å². The maximum atomic E-state index is 6.13. The number of hydrogen-bond acceptors (Lipinski definition) is 1. The van der Waals surface area contributed by atoms with E-state index in [0.717, 1.165) is 6.42 Å². The Balaban J connectivity index is 2.34. The molecule has 0 saturated heterocycles. The van der Waals surface area contributed by atoms with Crippen LogP contribution in [0.4, 0.5) is 0 Å². The summed E-state index contributed by atoms with van der Waals surface area (Å²) >= 11 is 0. The Kier molecular flexibility index (Phi) is 3.31. The molecule has 1 aromatic carbocycles. The fraction of sp³-hybridized carbons (Fsp3) is 0.625. The van der Waals surface area contributed by atoms with Gasteiger partial charge in [-0.05, 0) is 36.8 Å². The Bertz CT molecular complexity index is 387. The molecule has 1 heteroatoms. The van der Waals surface area contributed by atoms with Crippen molar-refractivity contribution in [3.05, 3.63) is 35.4 Å². The van der Waals surface area contributed by atoms with E-state index in [-0.39, 0.29) is 5.41 Å². The Labute approximate surface area is 105 Å². The van der Waals surface area contributed by atoms with Gasteiger partial charge in [-0.3, -0.25) is 0 Å². The highest BCUT2D eigenvalue weighted by molar-refractivity contribution is 5.38. The Morgan fingerprint density at radius 2 is 1.82 bits per heavy atom. The summed E-state index contributed by atoms with van der Waals surface area (Å²) in [4.78, 5) is 0. The molecule has 0 spiro atoms. The Hall–Kier alpha value is -0.820. The minimum absolute atomic E-state index is 0.256. The largest absolute Gasteiger partial charge is 0.375 e. The van der Waals surface area contributed by atoms with Crippen LogP contribution in [0.25, 0.3) is 0 Å². The molecule has 1 aliphatic carbocycles. The number of ether oxygens (including phenoxy) is 1. The second kappa shape index (κ2) is 4.45. The summed E-state index contributed by atoms with van der Waals surface area (Å²) in [6.07, 6.45) is 1.71. The molecule has 0 aromatic heterocycles. The Morgan fingerprint density at radius 1 is 1.18 bits per heavy atom. The smallest absolute Gasteiger partial charge is 0.0692 e. The van der Waals surface area contributed by atoms with Crippen molar-refractivity contribution in [2.45, 2.75) is 59.2 Å². The van der Waals surface area contributed by atoms with Crippen LogP contribution in [0.15, 0.2) is 24.3 Å². The number of fused-ring (bicyclic) bond motifs is 1. The summed E-state index contributed by atoms with van der Waals surface area (Å²) < 4.78 is 6.13. The first-order valence-corrected chi connectivity index (χ1v) is 6.63. The SMILES string of the molecule is CC(C)OC1Cc2ccccc2C1C(C)(C)C. The van der Waals surface area contributed by atoms with Crippen LogP contribution in [0.2, 0.25) is 0 Å². The van der Waals surface area contributed by atoms with Gasteiger partial charge in [-0.2, -0.15) is 0 Å². The first-order valence-electron chi connectivity index (χ1n) is 6.63. The molecular formula is C16H24O. The zero-order valence-corrected chi connectivity index (χ0v) is 11.7. The van der Waals surface area contributed by atoms with Gasteiger partial charge in [-0.25, -0.2) is 0 Å². The van der Waals surface area contributed by atoms with Gasteiger partial charge in [0.1, 0.15) is 0 Å². The molecule has 0 radical (unpaired) electrons. The molecular weight excluding hydrogens is 208 g/mol. The van der Waals surface area contributed by atoms with Crippen molar-refractivity contribution in [3.63, 3.8) is 0 Å². The summed E-state index contributed by atoms with van der Waals surface area (Å²) in [6.45, 7) is 11.2. The average Bonchev–Trinajstić information content (AvgIpc) is 2.53. The van der Waals surface area contributed by atoms with E-state index in [9.17, 15) is 0 Å². The van der Waals surface area contributed by atoms with Crippen LogP contribution in [0, 0.1) is 5.41 Å². The van der Waals surface area contributed by atoms with Crippen LogP contribution < -0.4 is 0 Å². The fourth-order valence-electron chi connectivity index (χ4n) is 3.06. The van der Waals surface area contributed by atoms with Crippen molar-refractivity contribution in [2.24, 2.45) is 5.41 Å². The molecule has 2 unspecified atom stereocenters. The lowest BCUT2D eigenvalue weighted by Crippen LogP contribution is -2.30. The minimum Gasteiger partial charge on any atom is -0.375 e. The number of rotatable bonds is 2. The third-order valence-corrected chi connectivity index (χ3v) is 3.56. The predicted molar refractivity (Wildman–Crippen MR) is 72.4 cm³/mol. The maximum Gasteiger partial charge on any atom is 0.0692 e. The van der Waals surface area contributed by atoms with Crippen LogP contribution in [0.5, 0.6) is 0 Å². The van der Waals surface area contributed by atoms with E-state index in [1.807, 2.05) is 0 Å². The van der Waals surface area contributed by atoms with Gasteiger partial charge in [0.2, 0.25) is 0 Å². The summed E-state index contributed by atoms with van der Waals surface area (Å²) in [5, 5.41) is 0. The summed E-state index contributed by atoms with van der Waals surface area (Å²) in [7, 11) is 0. The predicted octanol–water partition coefficient (Wildman–Crippen LogP) is 4.17. The topological polar surface area (TPSA) is 9.23 Å². The van der Waals surface area contributed by atoms with E-state index in [4.69, 9.17) is 4.74 Å². The van der Waals surface area contributed by atoms with Crippen molar-refractivity contribution in [2.75, 3.05) is 0 Å². The molecule has 2 rings (SSSR count). The molecule has 1 aromatic rings. The van der Waals surface area contributed by atoms with E-state index < -0.39 is 0 Å². The van der Waals surface area contributed by atoms with Gasteiger partial charge < -0.3 is 4.74 Å². The van der Waals surface area contributed by atoms with E-state index in [2.05, 4.69) is 58.9 Å². The van der Waals surface area contributed by atoms with Gasteiger partial charge in [-0.1, -0.05) is 45.0 Å². The maximum absolute atomic E-state index is 6.13. The van der Waals surface area contributed by atoms with Gasteiger partial charge in [0.05, 0.1) is 12.2 Å². The zero-order chi connectivity index (χ0) is 12.6. The molecule has 0 fully saturated rings. The summed E-state index contributed by atoms with van der Waals surface area (Å²) in [5.74, 6) is 0.515. The van der Waals surface area contributed by atoms with E-state index >= 15 is 0 Å². The number of hydrogen-bond donors (Lipinski definition) is 0. The van der Waals surface area contributed by atoms with E-state index in [1.165, 1.54) is 11.1 Å². The number of benzene rings is 1. The van der Waals surface area contributed by atoms with Crippen LogP contribution >= 0.6 is 0 Å². The van der Waals surface area contributed by atoms with Crippen molar-refractivity contribution in [3.8, 4) is 0 Å². The molecule has 0 saturated carbocycles. The molecule has 17 heavy (non-hydrogen) atoms. The molecule has 0 aliphatic heterocycles. The second-order valence-corrected chi connectivity index (χ2v) is 6.47. The minimum atomic E-state index is 0.256. The van der Waals surface area contributed by atoms with E-state index in [1.54, 1.807) is 0 Å². The quantitative estimate of drug-likeness (QED) is 0.743. The highest BCUT2D eigenvalue weighted by Crippen LogP contribution is 2.46. The monoisotopic (exact) mass is 232 g/mol. The molecule has 0 bridgehead atoms. The third kappa shape index (κ3) is 2.55. The lowest BCUT2D eigenvalue weighted by Gasteiger charge is -2.34. The van der Waals surface area contributed by atoms with Crippen LogP contribution in [-0.2, 0) is 11.2 Å². The summed E-state index contributed by atoms with van der Waals surface area (Å²) in [5.41, 5.74) is 3.22. The first-order chi connectivity index (χ1) is 7.89. The molecule has 1 aliphatic rings. The normalized spacial score (nSPS) is 24.1. The lowest BCUT2D eigenvalue weighted by atomic mass is 9.76. The molecule has 94 valence electrons. The highest BCUT2D eigenvalue weighted by atomic mass is 16.5. The van der Waals surface area contributed by atoms with Crippen molar-refractivity contribution in [1.82, 2.24) is 0 Å². The average molecular weight is 232 g/mol. The van der Waals surface area contributed by atoms with Crippen LogP contribution in [0.1, 0.15) is 51.7 Å². The molecule has 2 atom stereocenters. The summed E-state index contributed by atoms with van der Waals surface area (Å²) in [6, 6.07) is 8.80. The first kappa shape index (κ1) is 12.6. The van der Waals surface area contributed by atoms with Gasteiger partial charge in [0.15, 0.2) is 0 Å². The second-order valence-electron chi connectivity index (χ2n) is 6.47. The lowest BCUT2D eigenvalue weighted by molar-refractivity contribution is -0.0210. The van der Waals surface area contributed by atoms with Crippen molar-refractivity contribution < 1.29 is 4.74 Å². The fourth-order valence-corrected chi connectivity index (χ4v) is 3.06. The van der Waals surface area contributed by atoms with Crippen LogP contribution in [-0.4, -0.2) is 12.2 Å². The van der Waals surface area contributed by atoms with Gasteiger partial charge >= 0.3 is 0 Å². The highest BCUT2D eigenvalue weighted by Gasteiger charge is 2.40. The van der Waals surface area contributed by atoms with Gasteiger partial charge in [0, 0.05) is 5.92 Å². The Morgan fingerprint density at radius 3 is 2.41 bits per heavy atom. The third-order valence-electron chi connectivity index (χ3n) is 3.56. The van der Waals surface area contributed by atoms with Gasteiger partial charge in [-0.15, -0.1) is 0 Å². The standard InChI is InChI=1S/C16H24O/c1-11(2)17-14-10-12-8-6-7-9-13(12)15(14)16(3,4)5/h6-9,11,14-15H,10H2,1-5H3. The zero-order valence-electron chi connectivity index (χ0n) is 11.7. The van der Waals surface area contributed by atoms with E-state index in [0.29, 0.717) is 18.1 Å². The van der Waals surface area contributed by atoms with Crippen molar-refractivity contribution in [1.29, 1.82) is 0 Å². The molecule has 0 heterocycles. The van der Waals surface area contributed by atoms with Gasteiger partial charge in [0.25, 0.3) is 0 Å².